The average molecular weight is 580 g/mol. The van der Waals surface area contributed by atoms with Crippen LogP contribution in [0.4, 0.5) is 0 Å². The second kappa shape index (κ2) is 10.0. The molecule has 33 heavy (non-hydrogen) atoms. The van der Waals surface area contributed by atoms with E-state index < -0.39 is 16.1 Å². The average Bonchev–Trinajstić information content (AvgIpc) is 2.85. The number of rotatable bonds is 2. The molecule has 3 aromatic carbocycles. The summed E-state index contributed by atoms with van der Waals surface area (Å²) in [6, 6.07) is 24.3. The molecule has 0 aliphatic heterocycles. The number of pyridine rings is 2. The Balaban J connectivity index is 0.000000160. The van der Waals surface area contributed by atoms with Crippen molar-refractivity contribution in [1.29, 1.82) is 0 Å². The maximum atomic E-state index is 6.56. The quantitative estimate of drug-likeness (QED) is 0.171. The first-order valence-corrected chi connectivity index (χ1v) is 21.0. The van der Waals surface area contributed by atoms with Crippen molar-refractivity contribution in [2.24, 2.45) is 0 Å². The number of hydrogen-bond donors (Lipinski definition) is 0. The first-order valence-electron chi connectivity index (χ1n) is 10.9. The molecule has 0 radical (unpaired) electrons. The molecule has 5 aromatic rings. The fraction of sp³-hybridized carbons (Fsp3) is 0.143. The van der Waals surface area contributed by atoms with Crippen molar-refractivity contribution < 1.29 is 0 Å². The van der Waals surface area contributed by atoms with Crippen molar-refractivity contribution in [3.63, 3.8) is 0 Å². The zero-order valence-corrected chi connectivity index (χ0v) is 23.6. The summed E-state index contributed by atoms with van der Waals surface area (Å²) >= 11 is -3.30. The Morgan fingerprint density at radius 2 is 0.909 bits per heavy atom. The SMILES string of the molecule is Cc1cnc2c(ccc3c(C)c(C)cnc32)c1C.[Cl][Sn]([Cl])([c]1ccccc1)[c]1ccccc1. The molecule has 0 N–H and O–H groups in total. The van der Waals surface area contributed by atoms with E-state index in [4.69, 9.17) is 17.8 Å². The van der Waals surface area contributed by atoms with E-state index in [0.29, 0.717) is 0 Å². The van der Waals surface area contributed by atoms with Crippen molar-refractivity contribution in [1.82, 2.24) is 9.97 Å². The van der Waals surface area contributed by atoms with Gasteiger partial charge in [-0.25, -0.2) is 0 Å². The molecule has 0 spiro atoms. The zero-order valence-electron chi connectivity index (χ0n) is 19.2. The van der Waals surface area contributed by atoms with Crippen molar-refractivity contribution >= 4 is 62.9 Å². The summed E-state index contributed by atoms with van der Waals surface area (Å²) in [5.41, 5.74) is 7.07. The molecule has 166 valence electrons. The van der Waals surface area contributed by atoms with E-state index in [2.05, 4.69) is 49.8 Å². The predicted octanol–water partition coefficient (Wildman–Crippen LogP) is 6.74. The van der Waals surface area contributed by atoms with Gasteiger partial charge >= 0.3 is 102 Å². The number of benzene rings is 3. The summed E-state index contributed by atoms with van der Waals surface area (Å²) in [5, 5.41) is 2.41. The van der Waals surface area contributed by atoms with Crippen molar-refractivity contribution in [3.8, 4) is 0 Å². The Labute approximate surface area is 206 Å². The number of halogens is 2. The number of aromatic nitrogens is 2. The van der Waals surface area contributed by atoms with Crippen LogP contribution in [0.3, 0.4) is 0 Å². The molecule has 0 atom stereocenters. The predicted molar refractivity (Wildman–Crippen MR) is 146 cm³/mol. The topological polar surface area (TPSA) is 25.8 Å². The van der Waals surface area contributed by atoms with Crippen LogP contribution in [-0.2, 0) is 0 Å². The standard InChI is InChI=1S/C16H16N2.2C6H5.2ClH.Sn/c1-9-7-17-15-13(11(9)3)5-6-14-12(4)10(2)8-18-16(14)15;2*1-2-4-6-5-3-1;;;/h5-8H,1-4H3;2*1-5H;2*1H;/q;;;;;+2/p-2. The van der Waals surface area contributed by atoms with Crippen molar-refractivity contribution in [2.45, 2.75) is 27.7 Å². The van der Waals surface area contributed by atoms with Crippen LogP contribution < -0.4 is 7.16 Å². The Bertz CT molecular complexity index is 1310. The molecule has 0 unspecified atom stereocenters. The molecular formula is C28H26Cl2N2Sn. The number of hydrogen-bond acceptors (Lipinski definition) is 2. The molecule has 0 saturated carbocycles. The summed E-state index contributed by atoms with van der Waals surface area (Å²) in [4.78, 5) is 9.16. The van der Waals surface area contributed by atoms with Crippen LogP contribution in [0.25, 0.3) is 21.8 Å². The van der Waals surface area contributed by atoms with E-state index in [9.17, 15) is 0 Å². The van der Waals surface area contributed by atoms with Crippen LogP contribution in [0.2, 0.25) is 0 Å². The first kappa shape index (κ1) is 24.0. The van der Waals surface area contributed by atoms with Gasteiger partial charge in [-0.2, -0.15) is 0 Å². The molecule has 0 aliphatic rings. The maximum absolute atomic E-state index is 6.56. The summed E-state index contributed by atoms with van der Waals surface area (Å²) in [6.45, 7) is 8.48. The Kier molecular flexibility index (Phi) is 7.27. The van der Waals surface area contributed by atoms with Gasteiger partial charge < -0.3 is 0 Å². The Morgan fingerprint density at radius 3 is 1.27 bits per heavy atom. The van der Waals surface area contributed by atoms with Gasteiger partial charge in [-0.1, -0.05) is 12.1 Å². The van der Waals surface area contributed by atoms with Crippen LogP contribution in [-0.4, -0.2) is 26.1 Å². The molecule has 0 fully saturated rings. The van der Waals surface area contributed by atoms with E-state index in [-0.39, 0.29) is 0 Å². The molecule has 5 heteroatoms. The summed E-state index contributed by atoms with van der Waals surface area (Å²) in [6.07, 6.45) is 3.88. The van der Waals surface area contributed by atoms with Gasteiger partial charge in [0, 0.05) is 23.2 Å². The van der Waals surface area contributed by atoms with Gasteiger partial charge in [-0.05, 0) is 49.9 Å². The summed E-state index contributed by atoms with van der Waals surface area (Å²) in [5.74, 6) is 0. The molecular weight excluding hydrogens is 554 g/mol. The monoisotopic (exact) mass is 580 g/mol. The first-order chi connectivity index (χ1) is 15.8. The molecule has 2 nitrogen and oxygen atoms in total. The van der Waals surface area contributed by atoms with Crippen molar-refractivity contribution in [2.75, 3.05) is 0 Å². The van der Waals surface area contributed by atoms with Gasteiger partial charge in [0.15, 0.2) is 0 Å². The van der Waals surface area contributed by atoms with Gasteiger partial charge in [0.2, 0.25) is 0 Å². The molecule has 2 heterocycles. The molecule has 0 amide bonds. The molecule has 0 bridgehead atoms. The van der Waals surface area contributed by atoms with E-state index in [1.165, 1.54) is 33.0 Å². The van der Waals surface area contributed by atoms with Crippen molar-refractivity contribution in [3.05, 3.63) is 107 Å². The molecule has 5 rings (SSSR count). The summed E-state index contributed by atoms with van der Waals surface area (Å²) < 4.78 is 2.20. The third kappa shape index (κ3) is 4.89. The zero-order chi connectivity index (χ0) is 23.6. The third-order valence-electron chi connectivity index (χ3n) is 6.19. The fourth-order valence-electron chi connectivity index (χ4n) is 3.85. The van der Waals surface area contributed by atoms with Crippen LogP contribution in [0.15, 0.2) is 85.2 Å². The van der Waals surface area contributed by atoms with Crippen LogP contribution in [0.1, 0.15) is 22.3 Å². The number of fused-ring (bicyclic) bond motifs is 3. The van der Waals surface area contributed by atoms with Gasteiger partial charge in [-0.15, -0.1) is 0 Å². The normalized spacial score (nSPS) is 11.3. The van der Waals surface area contributed by atoms with Gasteiger partial charge in [0.25, 0.3) is 0 Å². The Hall–Kier alpha value is -2.14. The van der Waals surface area contributed by atoms with E-state index in [0.717, 1.165) is 18.2 Å². The van der Waals surface area contributed by atoms with E-state index in [1.807, 2.05) is 73.1 Å². The molecule has 0 saturated heterocycles. The van der Waals surface area contributed by atoms with Crippen LogP contribution in [0, 0.1) is 27.7 Å². The fourth-order valence-corrected chi connectivity index (χ4v) is 11.7. The molecule has 0 aliphatic carbocycles. The van der Waals surface area contributed by atoms with Crippen LogP contribution >= 0.6 is 17.8 Å². The van der Waals surface area contributed by atoms with Gasteiger partial charge in [-0.3, -0.25) is 9.97 Å². The van der Waals surface area contributed by atoms with Gasteiger partial charge in [0.1, 0.15) is 0 Å². The summed E-state index contributed by atoms with van der Waals surface area (Å²) in [7, 11) is 13.1. The van der Waals surface area contributed by atoms with Crippen LogP contribution in [0.5, 0.6) is 0 Å². The second-order valence-electron chi connectivity index (χ2n) is 8.30. The number of nitrogens with zero attached hydrogens (tertiary/aromatic N) is 2. The Morgan fingerprint density at radius 1 is 0.545 bits per heavy atom. The molecule has 2 aromatic heterocycles. The van der Waals surface area contributed by atoms with E-state index in [1.54, 1.807) is 0 Å². The number of aryl methyl sites for hydroxylation is 4. The minimum absolute atomic E-state index is 1.01. The third-order valence-corrected chi connectivity index (χ3v) is 18.1. The van der Waals surface area contributed by atoms with Gasteiger partial charge in [0.05, 0.1) is 11.0 Å². The van der Waals surface area contributed by atoms with E-state index >= 15 is 0 Å². The second-order valence-corrected chi connectivity index (χ2v) is 23.8. The minimum atomic E-state index is -3.30.